The lowest BCUT2D eigenvalue weighted by atomic mass is 9.75. The van der Waals surface area contributed by atoms with E-state index >= 15 is 0 Å². The number of carbonyl (C=O) groups excluding carboxylic acids is 3. The second kappa shape index (κ2) is 8.79. The topological polar surface area (TPSA) is 137 Å². The Morgan fingerprint density at radius 1 is 1.00 bits per heavy atom. The molecule has 1 aliphatic heterocycles. The molecule has 4 rings (SSSR count). The number of barbiturate groups is 1. The Labute approximate surface area is 173 Å². The van der Waals surface area contributed by atoms with Crippen molar-refractivity contribution in [2.75, 3.05) is 6.54 Å². The largest absolute Gasteiger partial charge is 0.508 e. The maximum absolute atomic E-state index is 12.0. The lowest BCUT2D eigenvalue weighted by molar-refractivity contribution is -0.138. The number of rotatable bonds is 4. The van der Waals surface area contributed by atoms with Crippen molar-refractivity contribution in [3.05, 3.63) is 65.9 Å². The molecule has 1 aromatic heterocycles. The van der Waals surface area contributed by atoms with Gasteiger partial charge in [0, 0.05) is 17.1 Å². The first-order valence-corrected chi connectivity index (χ1v) is 9.63. The van der Waals surface area contributed by atoms with E-state index in [0.29, 0.717) is 24.3 Å². The van der Waals surface area contributed by atoms with Gasteiger partial charge in [-0.3, -0.25) is 20.2 Å². The Morgan fingerprint density at radius 2 is 1.67 bits per heavy atom. The van der Waals surface area contributed by atoms with E-state index in [9.17, 15) is 19.5 Å². The Kier molecular flexibility index (Phi) is 6.17. The van der Waals surface area contributed by atoms with Crippen molar-refractivity contribution in [2.45, 2.75) is 25.2 Å². The number of nitrogens with one attached hydrogen (secondary N) is 3. The van der Waals surface area contributed by atoms with Gasteiger partial charge in [-0.1, -0.05) is 37.3 Å². The lowest BCUT2D eigenvalue weighted by Crippen LogP contribution is -2.64. The van der Waals surface area contributed by atoms with Gasteiger partial charge in [0.25, 0.3) is 0 Å². The van der Waals surface area contributed by atoms with E-state index in [1.54, 1.807) is 49.4 Å². The van der Waals surface area contributed by atoms with Crippen LogP contribution in [0.25, 0.3) is 10.9 Å². The van der Waals surface area contributed by atoms with Gasteiger partial charge in [0.1, 0.15) is 5.75 Å². The zero-order valence-electron chi connectivity index (χ0n) is 16.6. The first-order valence-electron chi connectivity index (χ1n) is 9.63. The van der Waals surface area contributed by atoms with Gasteiger partial charge < -0.3 is 15.8 Å². The van der Waals surface area contributed by atoms with Crippen molar-refractivity contribution in [1.29, 1.82) is 0 Å². The van der Waals surface area contributed by atoms with Gasteiger partial charge in [0.05, 0.1) is 0 Å². The van der Waals surface area contributed by atoms with Crippen LogP contribution in [0, 0.1) is 0 Å². The van der Waals surface area contributed by atoms with Crippen LogP contribution in [0.15, 0.2) is 54.7 Å². The Bertz CT molecular complexity index is 1060. The van der Waals surface area contributed by atoms with Crippen molar-refractivity contribution in [3.8, 4) is 5.75 Å². The minimum Gasteiger partial charge on any atom is -0.508 e. The molecule has 0 spiro atoms. The van der Waals surface area contributed by atoms with Crippen molar-refractivity contribution in [2.24, 2.45) is 5.73 Å². The summed E-state index contributed by atoms with van der Waals surface area (Å²) in [6.07, 6.45) is 3.07. The molecule has 0 saturated carbocycles. The van der Waals surface area contributed by atoms with Crippen molar-refractivity contribution >= 4 is 28.7 Å². The fourth-order valence-corrected chi connectivity index (χ4v) is 3.59. The number of aromatic amines is 1. The number of imide groups is 2. The minimum atomic E-state index is -1.31. The second-order valence-corrected chi connectivity index (χ2v) is 6.94. The van der Waals surface area contributed by atoms with E-state index in [1.807, 2.05) is 12.3 Å². The molecule has 3 aromatic rings. The maximum Gasteiger partial charge on any atom is 0.328 e. The second-order valence-electron chi connectivity index (χ2n) is 6.94. The molecule has 8 nitrogen and oxygen atoms in total. The minimum absolute atomic E-state index is 0.294. The van der Waals surface area contributed by atoms with Crippen LogP contribution in [0.3, 0.4) is 0 Å². The number of H-pyrrole nitrogens is 1. The van der Waals surface area contributed by atoms with Crippen molar-refractivity contribution in [1.82, 2.24) is 15.6 Å². The van der Waals surface area contributed by atoms with Gasteiger partial charge in [-0.2, -0.15) is 0 Å². The summed E-state index contributed by atoms with van der Waals surface area (Å²) in [6.45, 7) is 2.37. The molecule has 6 N–H and O–H groups in total. The van der Waals surface area contributed by atoms with E-state index in [2.05, 4.69) is 15.6 Å². The molecule has 156 valence electrons. The molecule has 4 amide bonds. The molecule has 0 unspecified atom stereocenters. The fourth-order valence-electron chi connectivity index (χ4n) is 3.59. The summed E-state index contributed by atoms with van der Waals surface area (Å²) in [5.74, 6) is -0.842. The predicted octanol–water partition coefficient (Wildman–Crippen LogP) is 2.08. The summed E-state index contributed by atoms with van der Waals surface area (Å²) in [7, 11) is 0. The number of fused-ring (bicyclic) bond motifs is 1. The van der Waals surface area contributed by atoms with E-state index < -0.39 is 23.3 Å². The van der Waals surface area contributed by atoms with Gasteiger partial charge in [-0.15, -0.1) is 0 Å². The molecule has 2 heterocycles. The van der Waals surface area contributed by atoms with Crippen LogP contribution >= 0.6 is 0 Å². The molecule has 8 heteroatoms. The van der Waals surface area contributed by atoms with E-state index in [1.165, 1.54) is 0 Å². The molecule has 30 heavy (non-hydrogen) atoms. The Balaban J connectivity index is 0.000000177. The summed E-state index contributed by atoms with van der Waals surface area (Å²) in [5, 5.41) is 14.6. The Morgan fingerprint density at radius 3 is 2.27 bits per heavy atom. The number of phenols is 1. The standard InChI is InChI=1S/C12H12N2O3.C10H12N2O/c1-2-12(8-6-4-3-5-7-8)9(15)13-11(17)14-10(12)16;11-4-3-7-6-12-10-2-1-8(13)5-9(7)10/h3-7H,2H2,1H3,(H2,13,14,15,16,17);1-2,5-6,12-13H,3-4,11H2. The molecule has 1 fully saturated rings. The van der Waals surface area contributed by atoms with Crippen LogP contribution in [0.5, 0.6) is 5.75 Å². The van der Waals surface area contributed by atoms with E-state index in [-0.39, 0.29) is 0 Å². The SMILES string of the molecule is CCC1(c2ccccc2)C(=O)NC(=O)NC1=O.NCCc1c[nH]c2ccc(O)cc12. The molecule has 1 saturated heterocycles. The molecule has 1 aliphatic rings. The third-order valence-corrected chi connectivity index (χ3v) is 5.19. The molecule has 0 aliphatic carbocycles. The zero-order chi connectivity index (χ0) is 21.7. The summed E-state index contributed by atoms with van der Waals surface area (Å²) in [6, 6.07) is 13.3. The monoisotopic (exact) mass is 408 g/mol. The highest BCUT2D eigenvalue weighted by Gasteiger charge is 2.50. The average molecular weight is 408 g/mol. The van der Waals surface area contributed by atoms with Gasteiger partial charge in [-0.25, -0.2) is 4.79 Å². The van der Waals surface area contributed by atoms with Crippen LogP contribution in [-0.4, -0.2) is 34.5 Å². The number of amides is 4. The van der Waals surface area contributed by atoms with Crippen LogP contribution < -0.4 is 16.4 Å². The third-order valence-electron chi connectivity index (χ3n) is 5.19. The lowest BCUT2D eigenvalue weighted by Gasteiger charge is -2.33. The highest BCUT2D eigenvalue weighted by atomic mass is 16.3. The first kappa shape index (κ1) is 21.1. The summed E-state index contributed by atoms with van der Waals surface area (Å²) >= 11 is 0. The smallest absolute Gasteiger partial charge is 0.328 e. The van der Waals surface area contributed by atoms with Crippen LogP contribution in [0.1, 0.15) is 24.5 Å². The summed E-state index contributed by atoms with van der Waals surface area (Å²) < 4.78 is 0. The maximum atomic E-state index is 12.0. The molecule has 0 atom stereocenters. The Hall–Kier alpha value is -3.65. The number of phenolic OH excluding ortho intramolecular Hbond substituents is 1. The summed E-state index contributed by atoms with van der Waals surface area (Å²) in [5.41, 5.74) is 6.95. The molecular weight excluding hydrogens is 384 g/mol. The van der Waals surface area contributed by atoms with Crippen molar-refractivity contribution in [3.63, 3.8) is 0 Å². The summed E-state index contributed by atoms with van der Waals surface area (Å²) in [4.78, 5) is 38.1. The zero-order valence-corrected chi connectivity index (χ0v) is 16.6. The van der Waals surface area contributed by atoms with E-state index in [4.69, 9.17) is 5.73 Å². The number of aromatic nitrogens is 1. The van der Waals surface area contributed by atoms with Crippen LogP contribution in [0.4, 0.5) is 4.79 Å². The quantitative estimate of drug-likeness (QED) is 0.421. The van der Waals surface area contributed by atoms with Gasteiger partial charge >= 0.3 is 6.03 Å². The number of hydrogen-bond donors (Lipinski definition) is 5. The molecular formula is C22H24N4O4. The van der Waals surface area contributed by atoms with E-state index in [0.717, 1.165) is 22.9 Å². The molecule has 0 radical (unpaired) electrons. The van der Waals surface area contributed by atoms with Gasteiger partial charge in [-0.05, 0) is 48.7 Å². The number of aromatic hydroxyl groups is 1. The van der Waals surface area contributed by atoms with Crippen molar-refractivity contribution < 1.29 is 19.5 Å². The highest BCUT2D eigenvalue weighted by molar-refractivity contribution is 6.22. The number of nitrogens with two attached hydrogens (primary N) is 1. The molecule has 0 bridgehead atoms. The highest BCUT2D eigenvalue weighted by Crippen LogP contribution is 2.30. The first-order chi connectivity index (χ1) is 14.4. The number of hydrogen-bond acceptors (Lipinski definition) is 5. The third kappa shape index (κ3) is 3.90. The fraction of sp³-hybridized carbons (Fsp3) is 0.227. The van der Waals surface area contributed by atoms with Crippen LogP contribution in [-0.2, 0) is 21.4 Å². The van der Waals surface area contributed by atoms with Gasteiger partial charge in [0.15, 0.2) is 5.41 Å². The molecule has 2 aromatic carbocycles. The number of urea groups is 1. The normalized spacial score (nSPS) is 15.2. The average Bonchev–Trinajstić information content (AvgIpc) is 3.12. The van der Waals surface area contributed by atoms with Gasteiger partial charge in [0.2, 0.25) is 11.8 Å². The predicted molar refractivity (Wildman–Crippen MR) is 113 cm³/mol. The number of carbonyl (C=O) groups is 3. The number of benzene rings is 2. The van der Waals surface area contributed by atoms with Crippen LogP contribution in [0.2, 0.25) is 0 Å².